The van der Waals surface area contributed by atoms with Crippen molar-refractivity contribution < 1.29 is 24.2 Å². The van der Waals surface area contributed by atoms with Gasteiger partial charge in [0.2, 0.25) is 0 Å². The third-order valence-corrected chi connectivity index (χ3v) is 4.12. The number of nitrogens with zero attached hydrogens (tertiary/aromatic N) is 1. The number of rotatable bonds is 8. The molecule has 0 heterocycles. The lowest BCUT2D eigenvalue weighted by Gasteiger charge is -2.10. The van der Waals surface area contributed by atoms with Crippen LogP contribution in [-0.2, 0) is 4.79 Å². The van der Waals surface area contributed by atoms with E-state index < -0.39 is 5.91 Å². The van der Waals surface area contributed by atoms with Crippen LogP contribution in [0.3, 0.4) is 0 Å². The Labute approximate surface area is 179 Å². The standard InChI is InChI=1S/C23H21N3O5/c1-30-21-8-3-2-7-20(21)25-22(28)15-31-19-11-9-16(10-12-19)14-24-26-23(29)17-5-4-6-18(27)13-17/h2-14,27H,15H2,1H3,(H,25,28)(H,26,29)/b24-14+. The second-order valence-corrected chi connectivity index (χ2v) is 6.36. The van der Waals surface area contributed by atoms with E-state index >= 15 is 0 Å². The smallest absolute Gasteiger partial charge is 0.271 e. The molecule has 0 spiro atoms. The van der Waals surface area contributed by atoms with Gasteiger partial charge in [0, 0.05) is 5.56 Å². The zero-order chi connectivity index (χ0) is 22.1. The molecule has 3 rings (SSSR count). The van der Waals surface area contributed by atoms with Crippen LogP contribution in [0.5, 0.6) is 17.2 Å². The summed E-state index contributed by atoms with van der Waals surface area (Å²) in [5.74, 6) is 0.327. The van der Waals surface area contributed by atoms with Gasteiger partial charge in [-0.2, -0.15) is 5.10 Å². The lowest BCUT2D eigenvalue weighted by Crippen LogP contribution is -2.20. The second-order valence-electron chi connectivity index (χ2n) is 6.36. The quantitative estimate of drug-likeness (QED) is 0.384. The molecule has 31 heavy (non-hydrogen) atoms. The molecular formula is C23H21N3O5. The van der Waals surface area contributed by atoms with Crippen molar-refractivity contribution in [3.63, 3.8) is 0 Å². The summed E-state index contributed by atoms with van der Waals surface area (Å²) in [5.41, 5.74) is 3.98. The maximum absolute atomic E-state index is 12.1. The number of phenols is 1. The zero-order valence-corrected chi connectivity index (χ0v) is 16.7. The minimum atomic E-state index is -0.437. The van der Waals surface area contributed by atoms with Crippen LogP contribution in [0.4, 0.5) is 5.69 Å². The highest BCUT2D eigenvalue weighted by molar-refractivity contribution is 5.95. The highest BCUT2D eigenvalue weighted by Gasteiger charge is 2.08. The zero-order valence-electron chi connectivity index (χ0n) is 16.7. The molecule has 3 N–H and O–H groups in total. The van der Waals surface area contributed by atoms with E-state index in [2.05, 4.69) is 15.8 Å². The van der Waals surface area contributed by atoms with E-state index in [4.69, 9.17) is 9.47 Å². The summed E-state index contributed by atoms with van der Waals surface area (Å²) in [6.07, 6.45) is 1.47. The fourth-order valence-electron chi connectivity index (χ4n) is 2.61. The van der Waals surface area contributed by atoms with Crippen LogP contribution in [0, 0.1) is 0 Å². The van der Waals surface area contributed by atoms with Crippen molar-refractivity contribution in [2.75, 3.05) is 19.0 Å². The number of nitrogens with one attached hydrogen (secondary N) is 2. The average molecular weight is 419 g/mol. The highest BCUT2D eigenvalue weighted by Crippen LogP contribution is 2.23. The SMILES string of the molecule is COc1ccccc1NC(=O)COc1ccc(/C=N/NC(=O)c2cccc(O)c2)cc1. The predicted molar refractivity (Wildman–Crippen MR) is 117 cm³/mol. The number of hydrogen-bond donors (Lipinski definition) is 3. The molecule has 0 aromatic heterocycles. The number of hydrogen-bond acceptors (Lipinski definition) is 6. The molecular weight excluding hydrogens is 398 g/mol. The van der Waals surface area contributed by atoms with Gasteiger partial charge in [0.1, 0.15) is 17.2 Å². The van der Waals surface area contributed by atoms with Crippen LogP contribution in [0.2, 0.25) is 0 Å². The normalized spacial score (nSPS) is 10.5. The van der Waals surface area contributed by atoms with Gasteiger partial charge in [-0.05, 0) is 60.2 Å². The Kier molecular flexibility index (Phi) is 7.21. The summed E-state index contributed by atoms with van der Waals surface area (Å²) < 4.78 is 10.7. The first-order valence-electron chi connectivity index (χ1n) is 9.33. The molecule has 0 saturated heterocycles. The van der Waals surface area contributed by atoms with Gasteiger partial charge in [0.25, 0.3) is 11.8 Å². The predicted octanol–water partition coefficient (Wildman–Crippen LogP) is 3.18. The number of aromatic hydroxyl groups is 1. The summed E-state index contributed by atoms with van der Waals surface area (Å²) in [7, 11) is 1.53. The third kappa shape index (κ3) is 6.33. The Bertz CT molecular complexity index is 1080. The van der Waals surface area contributed by atoms with E-state index in [0.717, 1.165) is 5.56 Å². The van der Waals surface area contributed by atoms with Crippen LogP contribution in [-0.4, -0.2) is 36.9 Å². The van der Waals surface area contributed by atoms with Crippen LogP contribution >= 0.6 is 0 Å². The fourth-order valence-corrected chi connectivity index (χ4v) is 2.61. The first-order valence-corrected chi connectivity index (χ1v) is 9.33. The van der Waals surface area contributed by atoms with Crippen molar-refractivity contribution in [2.24, 2.45) is 5.10 Å². The van der Waals surface area contributed by atoms with Gasteiger partial charge >= 0.3 is 0 Å². The Morgan fingerprint density at radius 3 is 2.55 bits per heavy atom. The summed E-state index contributed by atoms with van der Waals surface area (Å²) >= 11 is 0. The Hall–Kier alpha value is -4.33. The topological polar surface area (TPSA) is 109 Å². The molecule has 8 nitrogen and oxygen atoms in total. The number of ether oxygens (including phenoxy) is 2. The van der Waals surface area contributed by atoms with Gasteiger partial charge in [-0.25, -0.2) is 5.43 Å². The summed E-state index contributed by atoms with van der Waals surface area (Å²) in [6.45, 7) is -0.161. The molecule has 0 aliphatic carbocycles. The molecule has 3 aromatic carbocycles. The molecule has 0 bridgehead atoms. The van der Waals surface area contributed by atoms with Gasteiger partial charge < -0.3 is 19.9 Å². The van der Waals surface area contributed by atoms with Crippen LogP contribution in [0.25, 0.3) is 0 Å². The Balaban J connectivity index is 1.48. The van der Waals surface area contributed by atoms with Gasteiger partial charge in [-0.15, -0.1) is 0 Å². The molecule has 0 aliphatic rings. The minimum Gasteiger partial charge on any atom is -0.508 e. The van der Waals surface area contributed by atoms with E-state index in [9.17, 15) is 14.7 Å². The van der Waals surface area contributed by atoms with E-state index in [-0.39, 0.29) is 18.3 Å². The van der Waals surface area contributed by atoms with Gasteiger partial charge in [-0.3, -0.25) is 9.59 Å². The van der Waals surface area contributed by atoms with E-state index in [1.807, 2.05) is 6.07 Å². The maximum Gasteiger partial charge on any atom is 0.271 e. The second kappa shape index (κ2) is 10.4. The van der Waals surface area contributed by atoms with Gasteiger partial charge in [0.15, 0.2) is 6.61 Å². The number of phenolic OH excluding ortho intramolecular Hbond substituents is 1. The number of carbonyl (C=O) groups is 2. The van der Waals surface area contributed by atoms with Crippen LogP contribution < -0.4 is 20.2 Å². The van der Waals surface area contributed by atoms with Gasteiger partial charge in [-0.1, -0.05) is 18.2 Å². The molecule has 0 atom stereocenters. The molecule has 8 heteroatoms. The fraction of sp³-hybridized carbons (Fsp3) is 0.0870. The summed E-state index contributed by atoms with van der Waals surface area (Å²) in [5, 5.41) is 16.0. The lowest BCUT2D eigenvalue weighted by molar-refractivity contribution is -0.118. The van der Waals surface area contributed by atoms with Crippen molar-refractivity contribution in [1.82, 2.24) is 5.43 Å². The first kappa shape index (κ1) is 21.4. The number of hydrazone groups is 1. The Morgan fingerprint density at radius 1 is 1.03 bits per heavy atom. The first-order chi connectivity index (χ1) is 15.0. The number of anilines is 1. The minimum absolute atomic E-state index is 0.00352. The lowest BCUT2D eigenvalue weighted by atomic mass is 10.2. The van der Waals surface area contributed by atoms with Gasteiger partial charge in [0.05, 0.1) is 19.0 Å². The third-order valence-electron chi connectivity index (χ3n) is 4.12. The summed E-state index contributed by atoms with van der Waals surface area (Å²) in [6, 6.07) is 19.9. The molecule has 2 amide bonds. The van der Waals surface area contributed by atoms with E-state index in [1.54, 1.807) is 54.6 Å². The molecule has 0 unspecified atom stereocenters. The molecule has 0 fully saturated rings. The number of carbonyl (C=O) groups excluding carboxylic acids is 2. The molecule has 158 valence electrons. The van der Waals surface area contributed by atoms with Crippen molar-refractivity contribution >= 4 is 23.7 Å². The van der Waals surface area contributed by atoms with Crippen LogP contribution in [0.15, 0.2) is 77.9 Å². The van der Waals surface area contributed by atoms with Crippen molar-refractivity contribution in [2.45, 2.75) is 0 Å². The molecule has 0 radical (unpaired) electrons. The maximum atomic E-state index is 12.1. The monoisotopic (exact) mass is 419 g/mol. The molecule has 3 aromatic rings. The largest absolute Gasteiger partial charge is 0.508 e. The summed E-state index contributed by atoms with van der Waals surface area (Å²) in [4.78, 5) is 24.1. The van der Waals surface area contributed by atoms with E-state index in [0.29, 0.717) is 22.7 Å². The average Bonchev–Trinajstić information content (AvgIpc) is 2.79. The number of para-hydroxylation sites is 2. The highest BCUT2D eigenvalue weighted by atomic mass is 16.5. The van der Waals surface area contributed by atoms with E-state index in [1.165, 1.54) is 25.5 Å². The number of benzene rings is 3. The number of methoxy groups -OCH3 is 1. The van der Waals surface area contributed by atoms with Crippen molar-refractivity contribution in [1.29, 1.82) is 0 Å². The number of amides is 2. The molecule has 0 saturated carbocycles. The van der Waals surface area contributed by atoms with Crippen molar-refractivity contribution in [3.05, 3.63) is 83.9 Å². The van der Waals surface area contributed by atoms with Crippen molar-refractivity contribution in [3.8, 4) is 17.2 Å². The Morgan fingerprint density at radius 2 is 1.81 bits per heavy atom. The van der Waals surface area contributed by atoms with Crippen LogP contribution in [0.1, 0.15) is 15.9 Å². The molecule has 0 aliphatic heterocycles.